The summed E-state index contributed by atoms with van der Waals surface area (Å²) < 4.78 is 5.46. The molecule has 3 N–H and O–H groups in total. The van der Waals surface area contributed by atoms with Gasteiger partial charge in [0.05, 0.1) is 24.6 Å². The van der Waals surface area contributed by atoms with Crippen LogP contribution in [0.4, 0.5) is 11.4 Å². The maximum atomic E-state index is 12.3. The van der Waals surface area contributed by atoms with Crippen LogP contribution < -0.4 is 16.0 Å². The number of carbonyl (C=O) groups excluding carboxylic acids is 1. The van der Waals surface area contributed by atoms with E-state index in [4.69, 9.17) is 10.5 Å². The number of amides is 1. The molecule has 1 unspecified atom stereocenters. The number of rotatable bonds is 4. The zero-order valence-corrected chi connectivity index (χ0v) is 12.2. The van der Waals surface area contributed by atoms with E-state index in [2.05, 4.69) is 10.2 Å². The van der Waals surface area contributed by atoms with Crippen LogP contribution in [0.2, 0.25) is 0 Å². The number of morpholine rings is 1. The van der Waals surface area contributed by atoms with Crippen molar-refractivity contribution in [3.05, 3.63) is 23.8 Å². The Balaban J connectivity index is 2.22. The van der Waals surface area contributed by atoms with Gasteiger partial charge in [-0.05, 0) is 31.0 Å². The summed E-state index contributed by atoms with van der Waals surface area (Å²) in [6, 6.07) is 5.59. The fourth-order valence-electron chi connectivity index (χ4n) is 2.38. The number of nitrogens with one attached hydrogen (secondary N) is 1. The first-order chi connectivity index (χ1) is 9.63. The van der Waals surface area contributed by atoms with Crippen molar-refractivity contribution in [1.29, 1.82) is 0 Å². The fraction of sp³-hybridized carbons (Fsp3) is 0.533. The van der Waals surface area contributed by atoms with Gasteiger partial charge in [0.25, 0.3) is 0 Å². The van der Waals surface area contributed by atoms with Crippen molar-refractivity contribution >= 4 is 17.3 Å². The Bertz CT molecular complexity index is 476. The summed E-state index contributed by atoms with van der Waals surface area (Å²) in [6.45, 7) is 6.45. The number of anilines is 2. The van der Waals surface area contributed by atoms with E-state index in [9.17, 15) is 4.79 Å². The van der Waals surface area contributed by atoms with Gasteiger partial charge in [0.2, 0.25) is 5.91 Å². The van der Waals surface area contributed by atoms with Crippen molar-refractivity contribution in [1.82, 2.24) is 5.32 Å². The van der Waals surface area contributed by atoms with Gasteiger partial charge in [-0.25, -0.2) is 0 Å². The van der Waals surface area contributed by atoms with Crippen molar-refractivity contribution in [3.8, 4) is 0 Å². The van der Waals surface area contributed by atoms with E-state index in [1.165, 1.54) is 0 Å². The normalized spacial score (nSPS) is 18.9. The van der Waals surface area contributed by atoms with Gasteiger partial charge in [0.1, 0.15) is 6.04 Å². The molecule has 1 aromatic rings. The average molecular weight is 277 g/mol. The van der Waals surface area contributed by atoms with Gasteiger partial charge < -0.3 is 20.7 Å². The van der Waals surface area contributed by atoms with E-state index in [-0.39, 0.29) is 11.9 Å². The molecule has 5 heteroatoms. The summed E-state index contributed by atoms with van der Waals surface area (Å²) in [7, 11) is 0. The lowest BCUT2D eigenvalue weighted by atomic mass is 10.1. The molecule has 0 radical (unpaired) electrons. The Kier molecular flexibility index (Phi) is 4.84. The van der Waals surface area contributed by atoms with Crippen LogP contribution in [0.3, 0.4) is 0 Å². The third kappa shape index (κ3) is 3.22. The molecule has 1 saturated heterocycles. The third-order valence-electron chi connectivity index (χ3n) is 3.48. The highest BCUT2D eigenvalue weighted by molar-refractivity contribution is 5.87. The van der Waals surface area contributed by atoms with Crippen LogP contribution >= 0.6 is 0 Å². The molecule has 5 nitrogen and oxygen atoms in total. The van der Waals surface area contributed by atoms with Gasteiger partial charge in [-0.1, -0.05) is 13.0 Å². The molecule has 1 atom stereocenters. The third-order valence-corrected chi connectivity index (χ3v) is 3.48. The highest BCUT2D eigenvalue weighted by Crippen LogP contribution is 2.27. The summed E-state index contributed by atoms with van der Waals surface area (Å²) in [5.41, 5.74) is 8.82. The standard InChI is InChI=1S/C15H23N3O2/c1-3-6-17-15(19)14-10-20-8-7-18(14)13-9-11(2)4-5-12(13)16/h4-5,9,14H,3,6-8,10,16H2,1-2H3,(H,17,19). The molecule has 0 aliphatic carbocycles. The second-order valence-corrected chi connectivity index (χ2v) is 5.14. The molecule has 0 bridgehead atoms. The molecule has 1 aromatic carbocycles. The van der Waals surface area contributed by atoms with Crippen LogP contribution in [0, 0.1) is 6.92 Å². The number of aryl methyl sites for hydroxylation is 1. The van der Waals surface area contributed by atoms with E-state index in [1.54, 1.807) is 0 Å². The van der Waals surface area contributed by atoms with Gasteiger partial charge in [-0.3, -0.25) is 4.79 Å². The summed E-state index contributed by atoms with van der Waals surface area (Å²) in [5, 5.41) is 2.93. The maximum absolute atomic E-state index is 12.3. The molecule has 1 aliphatic rings. The quantitative estimate of drug-likeness (QED) is 0.814. The second kappa shape index (κ2) is 6.61. The summed E-state index contributed by atoms with van der Waals surface area (Å²) in [6.07, 6.45) is 0.923. The molecule has 1 aliphatic heterocycles. The molecule has 1 heterocycles. The summed E-state index contributed by atoms with van der Waals surface area (Å²) in [5.74, 6) is 0.00690. The van der Waals surface area contributed by atoms with Crippen LogP contribution in [0.15, 0.2) is 18.2 Å². The molecular formula is C15H23N3O2. The topological polar surface area (TPSA) is 67.6 Å². The molecule has 2 rings (SSSR count). The number of hydrogen-bond donors (Lipinski definition) is 2. The number of carbonyl (C=O) groups is 1. The minimum absolute atomic E-state index is 0.00690. The number of hydrogen-bond acceptors (Lipinski definition) is 4. The first-order valence-corrected chi connectivity index (χ1v) is 7.11. The SMILES string of the molecule is CCCNC(=O)C1COCCN1c1cc(C)ccc1N. The first kappa shape index (κ1) is 14.7. The molecule has 0 spiro atoms. The summed E-state index contributed by atoms with van der Waals surface area (Å²) >= 11 is 0. The molecule has 110 valence electrons. The average Bonchev–Trinajstić information content (AvgIpc) is 2.47. The molecular weight excluding hydrogens is 254 g/mol. The lowest BCUT2D eigenvalue weighted by Crippen LogP contribution is -2.54. The van der Waals surface area contributed by atoms with Crippen LogP contribution in [0.25, 0.3) is 0 Å². The van der Waals surface area contributed by atoms with Crippen LogP contribution in [-0.4, -0.2) is 38.3 Å². The van der Waals surface area contributed by atoms with Crippen molar-refractivity contribution in [3.63, 3.8) is 0 Å². The number of nitrogen functional groups attached to an aromatic ring is 1. The van der Waals surface area contributed by atoms with E-state index >= 15 is 0 Å². The van der Waals surface area contributed by atoms with Gasteiger partial charge in [0, 0.05) is 13.1 Å². The predicted molar refractivity (Wildman–Crippen MR) is 80.8 cm³/mol. The van der Waals surface area contributed by atoms with E-state index in [0.29, 0.717) is 32.0 Å². The predicted octanol–water partition coefficient (Wildman–Crippen LogP) is 1.31. The lowest BCUT2D eigenvalue weighted by Gasteiger charge is -2.37. The Morgan fingerprint density at radius 3 is 3.10 bits per heavy atom. The van der Waals surface area contributed by atoms with Crippen LogP contribution in [0.5, 0.6) is 0 Å². The molecule has 20 heavy (non-hydrogen) atoms. The van der Waals surface area contributed by atoms with E-state index in [0.717, 1.165) is 17.7 Å². The number of nitrogens with zero attached hydrogens (tertiary/aromatic N) is 1. The minimum atomic E-state index is -0.306. The molecule has 1 amide bonds. The van der Waals surface area contributed by atoms with Crippen molar-refractivity contribution in [2.75, 3.05) is 36.9 Å². The Hall–Kier alpha value is -1.75. The van der Waals surface area contributed by atoms with Crippen molar-refractivity contribution in [2.24, 2.45) is 0 Å². The van der Waals surface area contributed by atoms with Gasteiger partial charge in [-0.15, -0.1) is 0 Å². The Morgan fingerprint density at radius 1 is 1.55 bits per heavy atom. The van der Waals surface area contributed by atoms with Crippen molar-refractivity contribution < 1.29 is 9.53 Å². The van der Waals surface area contributed by atoms with Crippen LogP contribution in [0.1, 0.15) is 18.9 Å². The summed E-state index contributed by atoms with van der Waals surface area (Å²) in [4.78, 5) is 14.3. The fourth-order valence-corrected chi connectivity index (χ4v) is 2.38. The number of nitrogens with two attached hydrogens (primary N) is 1. The largest absolute Gasteiger partial charge is 0.397 e. The zero-order chi connectivity index (χ0) is 14.5. The maximum Gasteiger partial charge on any atom is 0.245 e. The van der Waals surface area contributed by atoms with E-state index < -0.39 is 0 Å². The number of ether oxygens (including phenoxy) is 1. The molecule has 0 aromatic heterocycles. The Morgan fingerprint density at radius 2 is 2.35 bits per heavy atom. The molecule has 0 saturated carbocycles. The number of benzene rings is 1. The highest BCUT2D eigenvalue weighted by Gasteiger charge is 2.30. The zero-order valence-electron chi connectivity index (χ0n) is 12.2. The second-order valence-electron chi connectivity index (χ2n) is 5.14. The van der Waals surface area contributed by atoms with Crippen LogP contribution in [-0.2, 0) is 9.53 Å². The van der Waals surface area contributed by atoms with Gasteiger partial charge >= 0.3 is 0 Å². The lowest BCUT2D eigenvalue weighted by molar-refractivity contribution is -0.124. The first-order valence-electron chi connectivity index (χ1n) is 7.11. The minimum Gasteiger partial charge on any atom is -0.397 e. The smallest absolute Gasteiger partial charge is 0.245 e. The van der Waals surface area contributed by atoms with Gasteiger partial charge in [0.15, 0.2) is 0 Å². The Labute approximate surface area is 120 Å². The monoisotopic (exact) mass is 277 g/mol. The van der Waals surface area contributed by atoms with Crippen molar-refractivity contribution in [2.45, 2.75) is 26.3 Å². The highest BCUT2D eigenvalue weighted by atomic mass is 16.5. The van der Waals surface area contributed by atoms with E-state index in [1.807, 2.05) is 32.0 Å². The van der Waals surface area contributed by atoms with Gasteiger partial charge in [-0.2, -0.15) is 0 Å². The molecule has 1 fully saturated rings.